The van der Waals surface area contributed by atoms with Crippen LogP contribution in [0.4, 0.5) is 14.0 Å². The average Bonchev–Trinajstić information content (AvgIpc) is 3.95. The summed E-state index contributed by atoms with van der Waals surface area (Å²) in [5.41, 5.74) is 0.764. The zero-order valence-corrected chi connectivity index (χ0v) is 33.6. The first-order valence-electron chi connectivity index (χ1n) is 18.6. The molecule has 14 nitrogen and oxygen atoms in total. The monoisotopic (exact) mass is 781 g/mol. The van der Waals surface area contributed by atoms with E-state index in [0.29, 0.717) is 31.2 Å². The summed E-state index contributed by atoms with van der Waals surface area (Å²) in [5.74, 6) is -0.393. The Morgan fingerprint density at radius 2 is 1.80 bits per heavy atom. The number of rotatable bonds is 11. The van der Waals surface area contributed by atoms with E-state index in [1.807, 2.05) is 7.05 Å². The van der Waals surface area contributed by atoms with E-state index in [-0.39, 0.29) is 48.6 Å². The largest absolute Gasteiger partial charge is 0.465 e. The molecule has 0 spiro atoms. The summed E-state index contributed by atoms with van der Waals surface area (Å²) in [7, 11) is 0.211. The van der Waals surface area contributed by atoms with Crippen molar-refractivity contribution >= 4 is 40.3 Å². The van der Waals surface area contributed by atoms with E-state index in [2.05, 4.69) is 39.3 Å². The van der Waals surface area contributed by atoms with E-state index in [0.717, 1.165) is 37.8 Å². The number of unbranched alkanes of at least 4 members (excludes halogenated alkanes) is 3. The van der Waals surface area contributed by atoms with Gasteiger partial charge >= 0.3 is 12.2 Å². The molecule has 0 aromatic heterocycles. The first-order chi connectivity index (χ1) is 25.3. The molecule has 4 N–H and O–H groups in total. The van der Waals surface area contributed by atoms with Gasteiger partial charge in [-0.15, -0.1) is 0 Å². The van der Waals surface area contributed by atoms with E-state index in [9.17, 15) is 36.8 Å². The van der Waals surface area contributed by atoms with Crippen LogP contribution in [0.25, 0.3) is 0 Å². The lowest BCUT2D eigenvalue weighted by molar-refractivity contribution is -0.124. The predicted molar refractivity (Wildman–Crippen MR) is 203 cm³/mol. The number of allylic oxidation sites excluding steroid dienone is 2. The standard InChI is InChI=1S/C15H25NO3S.C9H8FNO2.C7H14N2O.C7H13NO3/c1-3-4-5-6-7-8-12-11-13(12)14(17)16-20(18,19)15(2)9-10-15;10-8-3-1-2-6-4-11(9(12)13)5-7(6)8;1-8-7(10)6-4-3-5-9(6)2;1-7(2,3)11-6(10)8-4-5-9/h7-8,12-13H,3-6,9-11H2,1-2H3,(H,16,17);1-3H,4-5H2,(H,12,13);6H,3-5H2,1-2H3,(H,8,10);5H,4H2,1-3H3,(H,8,10)/b8-7-;;;/t12?,13-;;;/m0.../s1. The molecule has 16 heteroatoms. The number of benzene rings is 1. The topological polar surface area (TPSA) is 192 Å². The van der Waals surface area contributed by atoms with Crippen molar-refractivity contribution in [3.05, 3.63) is 47.3 Å². The number of nitrogens with zero attached hydrogens (tertiary/aromatic N) is 2. The molecule has 0 bridgehead atoms. The number of carbonyl (C=O) groups excluding carboxylic acids is 4. The Bertz CT molecular complexity index is 1580. The minimum Gasteiger partial charge on any atom is -0.465 e. The number of halogens is 1. The zero-order valence-electron chi connectivity index (χ0n) is 32.8. The van der Waals surface area contributed by atoms with Crippen LogP contribution >= 0.6 is 0 Å². The number of carboxylic acid groups (broad SMARTS) is 1. The van der Waals surface area contributed by atoms with E-state index in [4.69, 9.17) is 9.84 Å². The minimum atomic E-state index is -3.47. The SMILES string of the molecule is CC(C)(C)OC(=O)NCC=O.CCCCC/C=C\C1C[C@@H]1C(=O)NS(=O)(=O)C1(C)CC1.CNC(=O)C1CCCN1C.O=C(O)N1Cc2cccc(F)c2C1. The molecular weight excluding hydrogens is 722 g/mol. The van der Waals surface area contributed by atoms with Crippen molar-refractivity contribution in [1.29, 1.82) is 0 Å². The normalized spacial score (nSPS) is 20.7. The summed E-state index contributed by atoms with van der Waals surface area (Å²) >= 11 is 0. The molecule has 1 saturated heterocycles. The summed E-state index contributed by atoms with van der Waals surface area (Å²) in [6.45, 7) is 10.6. The van der Waals surface area contributed by atoms with Crippen molar-refractivity contribution in [2.45, 2.75) is 122 Å². The van der Waals surface area contributed by atoms with E-state index in [1.165, 1.54) is 30.2 Å². The van der Waals surface area contributed by atoms with Gasteiger partial charge in [-0.1, -0.05) is 44.1 Å². The maximum absolute atomic E-state index is 13.1. The van der Waals surface area contributed by atoms with Crippen LogP contribution in [0.5, 0.6) is 0 Å². The Balaban J connectivity index is 0.000000260. The zero-order chi connectivity index (χ0) is 40.7. The molecule has 5 rings (SSSR count). The van der Waals surface area contributed by atoms with Crippen molar-refractivity contribution in [2.24, 2.45) is 11.8 Å². The second-order valence-corrected chi connectivity index (χ2v) is 17.4. The number of alkyl carbamates (subject to hydrolysis) is 1. The van der Waals surface area contributed by atoms with Crippen molar-refractivity contribution in [1.82, 2.24) is 25.2 Å². The number of hydrogen-bond acceptors (Lipinski definition) is 9. The highest BCUT2D eigenvalue weighted by molar-refractivity contribution is 7.91. The predicted octanol–water partition coefficient (Wildman–Crippen LogP) is 5.11. The number of fused-ring (bicyclic) bond motifs is 1. The number of likely N-dealkylation sites (N-methyl/N-ethyl adjacent to an activating group) is 2. The van der Waals surface area contributed by atoms with Gasteiger partial charge in [0.05, 0.1) is 23.9 Å². The molecule has 3 atom stereocenters. The fraction of sp³-hybridized carbons (Fsp3) is 0.658. The van der Waals surface area contributed by atoms with E-state index in [1.54, 1.807) is 46.9 Å². The molecule has 2 aliphatic carbocycles. The molecule has 2 unspecified atom stereocenters. The summed E-state index contributed by atoms with van der Waals surface area (Å²) < 4.78 is 43.4. The summed E-state index contributed by atoms with van der Waals surface area (Å²) in [6, 6.07) is 4.83. The summed E-state index contributed by atoms with van der Waals surface area (Å²) in [5, 5.41) is 13.6. The van der Waals surface area contributed by atoms with Crippen LogP contribution in [-0.4, -0.2) is 97.2 Å². The maximum atomic E-state index is 13.1. The summed E-state index contributed by atoms with van der Waals surface area (Å²) in [6.07, 6.45) is 12.2. The lowest BCUT2D eigenvalue weighted by Crippen LogP contribution is -2.39. The molecule has 4 aliphatic rings. The molecule has 304 valence electrons. The highest BCUT2D eigenvalue weighted by Gasteiger charge is 2.52. The number of carbonyl (C=O) groups is 5. The van der Waals surface area contributed by atoms with Gasteiger partial charge in [0, 0.05) is 25.1 Å². The van der Waals surface area contributed by atoms with Crippen LogP contribution in [0.2, 0.25) is 0 Å². The molecule has 4 amide bonds. The van der Waals surface area contributed by atoms with Crippen LogP contribution in [-0.2, 0) is 42.2 Å². The number of hydrogen-bond donors (Lipinski definition) is 4. The van der Waals surface area contributed by atoms with Crippen LogP contribution in [0.3, 0.4) is 0 Å². The first-order valence-corrected chi connectivity index (χ1v) is 20.1. The van der Waals surface area contributed by atoms with E-state index >= 15 is 0 Å². The molecule has 3 fully saturated rings. The number of sulfonamides is 1. The minimum absolute atomic E-state index is 0.00505. The van der Waals surface area contributed by atoms with Gasteiger partial charge in [-0.3, -0.25) is 24.1 Å². The van der Waals surface area contributed by atoms with Gasteiger partial charge in [0.15, 0.2) is 0 Å². The highest BCUT2D eigenvalue weighted by atomic mass is 32.2. The van der Waals surface area contributed by atoms with Gasteiger partial charge < -0.3 is 25.3 Å². The van der Waals surface area contributed by atoms with Gasteiger partial charge in [-0.05, 0) is 104 Å². The number of nitrogens with one attached hydrogen (secondary N) is 3. The van der Waals surface area contributed by atoms with Gasteiger partial charge in [0.25, 0.3) is 0 Å². The lowest BCUT2D eigenvalue weighted by atomic mass is 10.1. The maximum Gasteiger partial charge on any atom is 0.408 e. The quantitative estimate of drug-likeness (QED) is 0.133. The van der Waals surface area contributed by atoms with Crippen LogP contribution in [0.15, 0.2) is 30.4 Å². The third-order valence-electron chi connectivity index (χ3n) is 9.37. The fourth-order valence-electron chi connectivity index (χ4n) is 5.65. The molecular formula is C38H60FN5O9S. The van der Waals surface area contributed by atoms with Crippen LogP contribution in [0, 0.1) is 17.7 Å². The number of amides is 4. The molecule has 2 aliphatic heterocycles. The lowest BCUT2D eigenvalue weighted by Gasteiger charge is -2.18. The number of ether oxygens (including phenoxy) is 1. The van der Waals surface area contributed by atoms with Gasteiger partial charge in [0.2, 0.25) is 21.8 Å². The van der Waals surface area contributed by atoms with Crippen molar-refractivity contribution < 1.29 is 46.6 Å². The van der Waals surface area contributed by atoms with Crippen molar-refractivity contribution in [3.8, 4) is 0 Å². The second kappa shape index (κ2) is 21.1. The molecule has 1 aromatic carbocycles. The number of likely N-dealkylation sites (tertiary alicyclic amines) is 1. The van der Waals surface area contributed by atoms with Gasteiger partial charge in [0.1, 0.15) is 17.7 Å². The van der Waals surface area contributed by atoms with Gasteiger partial charge in [-0.2, -0.15) is 0 Å². The highest BCUT2D eigenvalue weighted by Crippen LogP contribution is 2.44. The Hall–Kier alpha value is -4.05. The smallest absolute Gasteiger partial charge is 0.408 e. The first kappa shape index (κ1) is 46.1. The third kappa shape index (κ3) is 15.4. The van der Waals surface area contributed by atoms with Crippen molar-refractivity contribution in [3.63, 3.8) is 0 Å². The molecule has 2 heterocycles. The Kier molecular flexibility index (Phi) is 18.1. The third-order valence-corrected chi connectivity index (χ3v) is 11.5. The van der Waals surface area contributed by atoms with E-state index < -0.39 is 32.6 Å². The fourth-order valence-corrected chi connectivity index (χ4v) is 6.95. The summed E-state index contributed by atoms with van der Waals surface area (Å²) in [4.78, 5) is 57.4. The molecule has 2 saturated carbocycles. The average molecular weight is 782 g/mol. The molecule has 1 aromatic rings. The van der Waals surface area contributed by atoms with Crippen LogP contribution in [0.1, 0.15) is 104 Å². The Labute approximate surface area is 319 Å². The van der Waals surface area contributed by atoms with Crippen molar-refractivity contribution in [2.75, 3.05) is 27.2 Å². The Morgan fingerprint density at radius 3 is 2.31 bits per heavy atom. The Morgan fingerprint density at radius 1 is 1.11 bits per heavy atom. The second-order valence-electron chi connectivity index (χ2n) is 15.2. The van der Waals surface area contributed by atoms with Crippen LogP contribution < -0.4 is 15.4 Å². The van der Waals surface area contributed by atoms with Gasteiger partial charge in [-0.25, -0.2) is 22.4 Å². The molecule has 0 radical (unpaired) electrons. The number of aldehydes is 1. The molecule has 54 heavy (non-hydrogen) atoms.